The van der Waals surface area contributed by atoms with Crippen LogP contribution in [0.4, 0.5) is 10.5 Å². The minimum absolute atomic E-state index is 0.189. The van der Waals surface area contributed by atoms with E-state index in [0.717, 1.165) is 18.8 Å². The number of nitrogens with one attached hydrogen (secondary N) is 3. The van der Waals surface area contributed by atoms with E-state index in [2.05, 4.69) is 39.9 Å². The number of hydrogen-bond acceptors (Lipinski definition) is 9. The molecule has 1 heterocycles. The van der Waals surface area contributed by atoms with Gasteiger partial charge in [-0.25, -0.2) is 15.0 Å². The lowest BCUT2D eigenvalue weighted by Gasteiger charge is -2.28. The fraction of sp³-hybridized carbons (Fsp3) is 0.379. The molecule has 0 radical (unpaired) electrons. The van der Waals surface area contributed by atoms with Crippen LogP contribution in [-0.2, 0) is 14.3 Å². The molecule has 12 nitrogen and oxygen atoms in total. The van der Waals surface area contributed by atoms with Crippen LogP contribution in [0.3, 0.4) is 0 Å². The Morgan fingerprint density at radius 1 is 1.02 bits per heavy atom. The van der Waals surface area contributed by atoms with Gasteiger partial charge < -0.3 is 34.5 Å². The van der Waals surface area contributed by atoms with E-state index in [1.54, 1.807) is 39.2 Å². The van der Waals surface area contributed by atoms with Gasteiger partial charge in [0.1, 0.15) is 5.75 Å². The van der Waals surface area contributed by atoms with Gasteiger partial charge in [-0.05, 0) is 57.5 Å². The molecule has 0 unspecified atom stereocenters. The molecule has 0 aliphatic carbocycles. The summed E-state index contributed by atoms with van der Waals surface area (Å²) in [5.74, 6) is 0.207. The van der Waals surface area contributed by atoms with Crippen molar-refractivity contribution in [3.05, 3.63) is 58.8 Å². The molecule has 0 fully saturated rings. The number of rotatable bonds is 13. The third-order valence-corrected chi connectivity index (χ3v) is 6.38. The maximum atomic E-state index is 12.6. The minimum Gasteiger partial charge on any atom is -0.496 e. The number of carbonyl (C=O) groups is 3. The Morgan fingerprint density at radius 2 is 1.76 bits per heavy atom. The predicted molar refractivity (Wildman–Crippen MR) is 155 cm³/mol. The zero-order chi connectivity index (χ0) is 29.9. The van der Waals surface area contributed by atoms with E-state index >= 15 is 0 Å². The van der Waals surface area contributed by atoms with Crippen LogP contribution in [0, 0.1) is 0 Å². The van der Waals surface area contributed by atoms with Gasteiger partial charge >= 0.3 is 12.0 Å². The van der Waals surface area contributed by atoms with Gasteiger partial charge in [0.05, 0.1) is 38.7 Å². The fourth-order valence-corrected chi connectivity index (χ4v) is 4.35. The van der Waals surface area contributed by atoms with Gasteiger partial charge in [0, 0.05) is 36.1 Å². The van der Waals surface area contributed by atoms with Crippen molar-refractivity contribution in [2.75, 3.05) is 45.4 Å². The lowest BCUT2D eigenvalue weighted by Crippen LogP contribution is -2.45. The Morgan fingerprint density at radius 3 is 2.41 bits per heavy atom. The Kier molecular flexibility index (Phi) is 11.0. The van der Waals surface area contributed by atoms with Crippen LogP contribution in [0.25, 0.3) is 0 Å². The molecule has 3 rings (SSSR count). The van der Waals surface area contributed by atoms with Crippen LogP contribution >= 0.6 is 0 Å². The van der Waals surface area contributed by atoms with Crippen LogP contribution in [0.1, 0.15) is 44.9 Å². The Bertz CT molecular complexity index is 1320. The number of urea groups is 1. The molecule has 12 heteroatoms. The van der Waals surface area contributed by atoms with E-state index < -0.39 is 23.9 Å². The molecule has 0 saturated heterocycles. The highest BCUT2D eigenvalue weighted by Crippen LogP contribution is 2.34. The zero-order valence-electron chi connectivity index (χ0n) is 24.2. The molecular formula is C29H37N5O7. The number of amides is 3. The molecule has 0 saturated carbocycles. The quantitative estimate of drug-likeness (QED) is 0.190. The van der Waals surface area contributed by atoms with Crippen molar-refractivity contribution in [3.8, 4) is 17.2 Å². The van der Waals surface area contributed by atoms with Crippen molar-refractivity contribution in [1.29, 1.82) is 0 Å². The fourth-order valence-electron chi connectivity index (χ4n) is 4.35. The Hall–Kier alpha value is -4.74. The highest BCUT2D eigenvalue weighted by Gasteiger charge is 2.32. The smallest absolute Gasteiger partial charge is 0.338 e. The average Bonchev–Trinajstić information content (AvgIpc) is 2.96. The van der Waals surface area contributed by atoms with E-state index in [1.807, 2.05) is 18.2 Å². The second kappa shape index (κ2) is 14.6. The van der Waals surface area contributed by atoms with Gasteiger partial charge in [-0.3, -0.25) is 4.79 Å². The predicted octanol–water partition coefficient (Wildman–Crippen LogP) is 3.27. The number of hydrazone groups is 1. The summed E-state index contributed by atoms with van der Waals surface area (Å²) in [6.07, 6.45) is 1.50. The first-order valence-corrected chi connectivity index (χ1v) is 13.3. The van der Waals surface area contributed by atoms with Crippen LogP contribution in [0.5, 0.6) is 17.2 Å². The van der Waals surface area contributed by atoms with Crippen LogP contribution in [0.2, 0.25) is 0 Å². The molecule has 3 amide bonds. The van der Waals surface area contributed by atoms with Gasteiger partial charge in [-0.2, -0.15) is 5.10 Å². The highest BCUT2D eigenvalue weighted by atomic mass is 16.5. The van der Waals surface area contributed by atoms with Crippen molar-refractivity contribution in [1.82, 2.24) is 16.1 Å². The van der Waals surface area contributed by atoms with Crippen molar-refractivity contribution >= 4 is 29.8 Å². The maximum absolute atomic E-state index is 12.6. The first-order valence-electron chi connectivity index (χ1n) is 13.3. The number of anilines is 1. The molecule has 1 aliphatic heterocycles. The van der Waals surface area contributed by atoms with Crippen molar-refractivity contribution in [2.45, 2.75) is 33.7 Å². The average molecular weight is 568 g/mol. The van der Waals surface area contributed by atoms with E-state index in [0.29, 0.717) is 34.1 Å². The van der Waals surface area contributed by atoms with Gasteiger partial charge in [0.25, 0.3) is 5.91 Å². The molecular weight excluding hydrogens is 530 g/mol. The van der Waals surface area contributed by atoms with E-state index in [1.165, 1.54) is 13.3 Å². The Balaban J connectivity index is 1.67. The summed E-state index contributed by atoms with van der Waals surface area (Å²) in [5.41, 5.74) is 5.42. The zero-order valence-corrected chi connectivity index (χ0v) is 24.2. The van der Waals surface area contributed by atoms with Crippen LogP contribution in [-0.4, -0.2) is 64.6 Å². The number of benzene rings is 2. The number of allylic oxidation sites excluding steroid dienone is 1. The first kappa shape index (κ1) is 30.8. The minimum atomic E-state index is -0.763. The number of nitrogens with zero attached hydrogens (tertiary/aromatic N) is 2. The largest absolute Gasteiger partial charge is 0.496 e. The molecule has 3 N–H and O–H groups in total. The molecule has 41 heavy (non-hydrogen) atoms. The molecule has 2 aromatic rings. The second-order valence-corrected chi connectivity index (χ2v) is 8.88. The summed E-state index contributed by atoms with van der Waals surface area (Å²) >= 11 is 0. The normalized spacial score (nSPS) is 14.7. The molecule has 0 bridgehead atoms. The first-order chi connectivity index (χ1) is 19.8. The molecule has 1 aliphatic rings. The lowest BCUT2D eigenvalue weighted by molar-refractivity contribution is -0.139. The summed E-state index contributed by atoms with van der Waals surface area (Å²) in [6.45, 7) is 9.10. The number of ether oxygens (including phenoxy) is 4. The highest BCUT2D eigenvalue weighted by molar-refractivity contribution is 5.95. The summed E-state index contributed by atoms with van der Waals surface area (Å²) in [5, 5.41) is 9.36. The molecule has 2 aromatic carbocycles. The van der Waals surface area contributed by atoms with Gasteiger partial charge in [-0.15, -0.1) is 0 Å². The molecule has 0 spiro atoms. The number of esters is 1. The molecule has 0 aromatic heterocycles. The molecule has 220 valence electrons. The summed E-state index contributed by atoms with van der Waals surface area (Å²) in [6, 6.07) is 9.46. The summed E-state index contributed by atoms with van der Waals surface area (Å²) in [4.78, 5) is 39.3. The van der Waals surface area contributed by atoms with Gasteiger partial charge in [0.15, 0.2) is 18.1 Å². The SMILES string of the molecule is CCOC(=O)C1=C(C)NC(=O)N[C@@H]1c1ccc(OCC(=O)N/N=C\c2ccc(N(CC)CC)cc2OC)c(OC)c1. The van der Waals surface area contributed by atoms with Crippen LogP contribution in [0.15, 0.2) is 52.8 Å². The van der Waals surface area contributed by atoms with Crippen molar-refractivity contribution < 1.29 is 33.3 Å². The summed E-state index contributed by atoms with van der Waals surface area (Å²) in [7, 11) is 3.03. The third kappa shape index (κ3) is 7.68. The second-order valence-electron chi connectivity index (χ2n) is 8.88. The molecule has 1 atom stereocenters. The van der Waals surface area contributed by atoms with Crippen LogP contribution < -0.4 is 35.2 Å². The van der Waals surface area contributed by atoms with E-state index in [9.17, 15) is 14.4 Å². The van der Waals surface area contributed by atoms with E-state index in [-0.39, 0.29) is 18.8 Å². The maximum Gasteiger partial charge on any atom is 0.338 e. The number of hydrogen-bond donors (Lipinski definition) is 3. The lowest BCUT2D eigenvalue weighted by atomic mass is 9.95. The monoisotopic (exact) mass is 567 g/mol. The number of methoxy groups -OCH3 is 2. The standard InChI is InChI=1S/C29H37N5O7/c1-7-34(8-2)21-12-10-20(23(15-21)38-5)16-30-33-25(35)17-41-22-13-11-19(14-24(22)39-6)27-26(28(36)40-9-3)18(4)31-29(37)32-27/h10-16,27H,7-9,17H2,1-6H3,(H,33,35)(H2,31,32,37)/b30-16-/t27-/m1/s1. The van der Waals surface area contributed by atoms with Crippen molar-refractivity contribution in [2.24, 2.45) is 5.10 Å². The topological polar surface area (TPSA) is 140 Å². The van der Waals surface area contributed by atoms with Crippen molar-refractivity contribution in [3.63, 3.8) is 0 Å². The number of carbonyl (C=O) groups excluding carboxylic acids is 3. The van der Waals surface area contributed by atoms with Gasteiger partial charge in [0.2, 0.25) is 0 Å². The van der Waals surface area contributed by atoms with Gasteiger partial charge in [-0.1, -0.05) is 6.07 Å². The Labute approximate surface area is 239 Å². The third-order valence-electron chi connectivity index (χ3n) is 6.38. The summed E-state index contributed by atoms with van der Waals surface area (Å²) < 4.78 is 21.8. The van der Waals surface area contributed by atoms with E-state index in [4.69, 9.17) is 18.9 Å².